The molecule has 0 fully saturated rings. The third kappa shape index (κ3) is 3.89. The quantitative estimate of drug-likeness (QED) is 0.863. The average Bonchev–Trinajstić information content (AvgIpc) is 2.47. The Morgan fingerprint density at radius 3 is 2.65 bits per heavy atom. The zero-order chi connectivity index (χ0) is 14.4. The van der Waals surface area contributed by atoms with Crippen LogP contribution in [-0.2, 0) is 6.54 Å². The first kappa shape index (κ1) is 14.7. The highest BCUT2D eigenvalue weighted by Crippen LogP contribution is 2.29. The van der Waals surface area contributed by atoms with Crippen molar-refractivity contribution in [3.05, 3.63) is 53.1 Å². The van der Waals surface area contributed by atoms with Gasteiger partial charge in [0.15, 0.2) is 0 Å². The third-order valence-electron chi connectivity index (χ3n) is 2.86. The monoisotopic (exact) mass is 291 g/mol. The second-order valence-electron chi connectivity index (χ2n) is 4.31. The molecule has 4 heteroatoms. The van der Waals surface area contributed by atoms with E-state index < -0.39 is 0 Å². The maximum atomic E-state index is 6.04. The maximum absolute atomic E-state index is 6.04. The van der Waals surface area contributed by atoms with Gasteiger partial charge in [-0.3, -0.25) is 0 Å². The smallest absolute Gasteiger partial charge is 0.132 e. The molecular weight excluding hydrogens is 274 g/mol. The molecule has 0 aliphatic carbocycles. The molecule has 2 rings (SSSR count). The van der Waals surface area contributed by atoms with Crippen LogP contribution >= 0.6 is 11.6 Å². The minimum atomic E-state index is 0.705. The summed E-state index contributed by atoms with van der Waals surface area (Å²) in [7, 11) is 1.64. The van der Waals surface area contributed by atoms with E-state index in [0.29, 0.717) is 5.02 Å². The molecule has 2 aromatic rings. The van der Waals surface area contributed by atoms with Crippen LogP contribution in [0.25, 0.3) is 0 Å². The number of ether oxygens (including phenoxy) is 2. The highest BCUT2D eigenvalue weighted by atomic mass is 35.5. The van der Waals surface area contributed by atoms with Gasteiger partial charge in [0.25, 0.3) is 0 Å². The summed E-state index contributed by atoms with van der Waals surface area (Å²) in [5, 5.41) is 3.98. The highest BCUT2D eigenvalue weighted by Gasteiger charge is 2.06. The summed E-state index contributed by atoms with van der Waals surface area (Å²) >= 11 is 6.04. The lowest BCUT2D eigenvalue weighted by atomic mass is 10.2. The molecule has 20 heavy (non-hydrogen) atoms. The predicted octanol–water partition coefficient (Wildman–Crippen LogP) is 4.25. The van der Waals surface area contributed by atoms with Crippen molar-refractivity contribution >= 4 is 11.6 Å². The lowest BCUT2D eigenvalue weighted by Crippen LogP contribution is -2.12. The molecule has 0 aliphatic heterocycles. The van der Waals surface area contributed by atoms with Gasteiger partial charge < -0.3 is 14.8 Å². The number of rotatable bonds is 6. The second kappa shape index (κ2) is 7.17. The Morgan fingerprint density at radius 2 is 1.90 bits per heavy atom. The predicted molar refractivity (Wildman–Crippen MR) is 81.9 cm³/mol. The number of benzene rings is 2. The molecule has 0 saturated carbocycles. The van der Waals surface area contributed by atoms with Gasteiger partial charge in [-0.05, 0) is 36.9 Å². The molecular formula is C16H18ClNO2. The van der Waals surface area contributed by atoms with Gasteiger partial charge >= 0.3 is 0 Å². The lowest BCUT2D eigenvalue weighted by Gasteiger charge is -2.12. The minimum Gasteiger partial charge on any atom is -0.497 e. The van der Waals surface area contributed by atoms with E-state index in [1.54, 1.807) is 7.11 Å². The summed E-state index contributed by atoms with van der Waals surface area (Å²) in [6.07, 6.45) is 0. The van der Waals surface area contributed by atoms with E-state index in [-0.39, 0.29) is 0 Å². The van der Waals surface area contributed by atoms with Crippen molar-refractivity contribution in [3.8, 4) is 17.2 Å². The van der Waals surface area contributed by atoms with Crippen LogP contribution in [0.4, 0.5) is 0 Å². The van der Waals surface area contributed by atoms with Crippen molar-refractivity contribution in [2.45, 2.75) is 13.5 Å². The largest absolute Gasteiger partial charge is 0.497 e. The Hall–Kier alpha value is -1.71. The Morgan fingerprint density at radius 1 is 1.10 bits per heavy atom. The van der Waals surface area contributed by atoms with Gasteiger partial charge in [0.2, 0.25) is 0 Å². The van der Waals surface area contributed by atoms with Crippen LogP contribution in [0.3, 0.4) is 0 Å². The Balaban J connectivity index is 2.22. The zero-order valence-corrected chi connectivity index (χ0v) is 12.4. The van der Waals surface area contributed by atoms with Crippen molar-refractivity contribution in [3.63, 3.8) is 0 Å². The van der Waals surface area contributed by atoms with Gasteiger partial charge in [-0.15, -0.1) is 0 Å². The molecule has 106 valence electrons. The van der Waals surface area contributed by atoms with Crippen LogP contribution in [0.15, 0.2) is 42.5 Å². The molecule has 0 saturated heterocycles. The molecule has 3 nitrogen and oxygen atoms in total. The van der Waals surface area contributed by atoms with E-state index in [1.807, 2.05) is 42.5 Å². The first-order chi connectivity index (χ1) is 9.72. The van der Waals surface area contributed by atoms with Gasteiger partial charge in [0, 0.05) is 23.2 Å². The number of nitrogens with one attached hydrogen (secondary N) is 1. The summed E-state index contributed by atoms with van der Waals surface area (Å²) in [5.74, 6) is 2.30. The average molecular weight is 292 g/mol. The van der Waals surface area contributed by atoms with Crippen molar-refractivity contribution in [2.24, 2.45) is 0 Å². The van der Waals surface area contributed by atoms with Gasteiger partial charge in [-0.25, -0.2) is 0 Å². The van der Waals surface area contributed by atoms with Crippen molar-refractivity contribution in [1.29, 1.82) is 0 Å². The molecule has 0 aliphatic rings. The van der Waals surface area contributed by atoms with Crippen LogP contribution in [0.5, 0.6) is 17.2 Å². The molecule has 0 spiro atoms. The second-order valence-corrected chi connectivity index (χ2v) is 4.75. The summed E-state index contributed by atoms with van der Waals surface area (Å²) in [6, 6.07) is 13.2. The molecule has 0 radical (unpaired) electrons. The molecule has 0 bridgehead atoms. The standard InChI is InChI=1S/C16H18ClNO2/c1-3-18-11-12-9-13(17)7-8-16(12)20-15-6-4-5-14(10-15)19-2/h4-10,18H,3,11H2,1-2H3. The zero-order valence-electron chi connectivity index (χ0n) is 11.7. The number of hydrogen-bond donors (Lipinski definition) is 1. The summed E-state index contributed by atoms with van der Waals surface area (Å²) in [6.45, 7) is 3.68. The van der Waals surface area contributed by atoms with Crippen LogP contribution in [0.2, 0.25) is 5.02 Å². The van der Waals surface area contributed by atoms with E-state index in [4.69, 9.17) is 21.1 Å². The SMILES string of the molecule is CCNCc1cc(Cl)ccc1Oc1cccc(OC)c1. The normalized spacial score (nSPS) is 10.3. The topological polar surface area (TPSA) is 30.5 Å². The van der Waals surface area contributed by atoms with Crippen LogP contribution in [0.1, 0.15) is 12.5 Å². The number of methoxy groups -OCH3 is 1. The van der Waals surface area contributed by atoms with Crippen molar-refractivity contribution < 1.29 is 9.47 Å². The summed E-state index contributed by atoms with van der Waals surface area (Å²) in [4.78, 5) is 0. The fourth-order valence-corrected chi connectivity index (χ4v) is 2.03. The summed E-state index contributed by atoms with van der Waals surface area (Å²) < 4.78 is 11.1. The number of halogens is 1. The first-order valence-corrected chi connectivity index (χ1v) is 6.91. The molecule has 2 aromatic carbocycles. The van der Waals surface area contributed by atoms with E-state index >= 15 is 0 Å². The van der Waals surface area contributed by atoms with Gasteiger partial charge in [0.1, 0.15) is 17.2 Å². The van der Waals surface area contributed by atoms with E-state index in [9.17, 15) is 0 Å². The Kier molecular flexibility index (Phi) is 5.27. The third-order valence-corrected chi connectivity index (χ3v) is 3.09. The van der Waals surface area contributed by atoms with E-state index in [0.717, 1.165) is 35.9 Å². The first-order valence-electron chi connectivity index (χ1n) is 6.54. The molecule has 0 amide bonds. The van der Waals surface area contributed by atoms with Crippen LogP contribution < -0.4 is 14.8 Å². The summed E-state index contributed by atoms with van der Waals surface area (Å²) in [5.41, 5.74) is 1.03. The van der Waals surface area contributed by atoms with Gasteiger partial charge in [-0.1, -0.05) is 24.6 Å². The van der Waals surface area contributed by atoms with Crippen molar-refractivity contribution in [2.75, 3.05) is 13.7 Å². The Labute approximate surface area is 124 Å². The minimum absolute atomic E-state index is 0.705. The van der Waals surface area contributed by atoms with E-state index in [2.05, 4.69) is 12.2 Å². The highest BCUT2D eigenvalue weighted by molar-refractivity contribution is 6.30. The van der Waals surface area contributed by atoms with Gasteiger partial charge in [-0.2, -0.15) is 0 Å². The van der Waals surface area contributed by atoms with Crippen LogP contribution in [0, 0.1) is 0 Å². The maximum Gasteiger partial charge on any atom is 0.132 e. The van der Waals surface area contributed by atoms with Gasteiger partial charge in [0.05, 0.1) is 7.11 Å². The molecule has 0 aromatic heterocycles. The van der Waals surface area contributed by atoms with Crippen molar-refractivity contribution in [1.82, 2.24) is 5.32 Å². The van der Waals surface area contributed by atoms with Crippen LogP contribution in [-0.4, -0.2) is 13.7 Å². The molecule has 0 atom stereocenters. The number of hydrogen-bond acceptors (Lipinski definition) is 3. The molecule has 0 heterocycles. The Bertz CT molecular complexity index is 572. The fraction of sp³-hybridized carbons (Fsp3) is 0.250. The molecule has 1 N–H and O–H groups in total. The molecule has 0 unspecified atom stereocenters. The fourth-order valence-electron chi connectivity index (χ4n) is 1.84. The lowest BCUT2D eigenvalue weighted by molar-refractivity contribution is 0.408. The van der Waals surface area contributed by atoms with E-state index in [1.165, 1.54) is 0 Å².